The fraction of sp³-hybridized carbons (Fsp3) is 0.579. The van der Waals surface area contributed by atoms with Crippen molar-refractivity contribution in [3.05, 3.63) is 29.6 Å². The zero-order valence-electron chi connectivity index (χ0n) is 15.0. The number of aryl methyl sites for hydroxylation is 1. The van der Waals surface area contributed by atoms with Crippen LogP contribution in [0.15, 0.2) is 18.3 Å². The molecule has 2 aromatic heterocycles. The van der Waals surface area contributed by atoms with Gasteiger partial charge in [0.1, 0.15) is 0 Å². The molecule has 1 N–H and O–H groups in total. The first-order chi connectivity index (χ1) is 12.3. The Hall–Kier alpha value is -2.08. The number of nitrogens with zero attached hydrogens (tertiary/aromatic N) is 5. The summed E-state index contributed by atoms with van der Waals surface area (Å²) in [6.07, 6.45) is 7.28. The highest BCUT2D eigenvalue weighted by molar-refractivity contribution is 5.48. The molecule has 25 heavy (non-hydrogen) atoms. The Morgan fingerprint density at radius 3 is 2.56 bits per heavy atom. The van der Waals surface area contributed by atoms with Crippen LogP contribution in [0.3, 0.4) is 0 Å². The van der Waals surface area contributed by atoms with E-state index in [1.165, 1.54) is 13.0 Å². The molecule has 0 aromatic carbocycles. The van der Waals surface area contributed by atoms with E-state index in [0.29, 0.717) is 5.82 Å². The molecule has 6 nitrogen and oxygen atoms in total. The van der Waals surface area contributed by atoms with Gasteiger partial charge in [0.05, 0.1) is 17.6 Å². The lowest BCUT2D eigenvalue weighted by Gasteiger charge is -2.35. The van der Waals surface area contributed by atoms with E-state index < -0.39 is 0 Å². The molecule has 0 spiro atoms. The van der Waals surface area contributed by atoms with E-state index in [1.54, 1.807) is 4.68 Å². The number of anilines is 1. The molecular formula is C19H27N5O. The maximum Gasteiger partial charge on any atom is 0.219 e. The van der Waals surface area contributed by atoms with Crippen LogP contribution in [0.2, 0.25) is 0 Å². The van der Waals surface area contributed by atoms with Gasteiger partial charge in [-0.3, -0.25) is 4.90 Å². The van der Waals surface area contributed by atoms with E-state index in [0.717, 1.165) is 68.8 Å². The van der Waals surface area contributed by atoms with Crippen LogP contribution in [0.1, 0.15) is 37.4 Å². The molecule has 0 unspecified atom stereocenters. The van der Waals surface area contributed by atoms with Crippen molar-refractivity contribution in [3.8, 4) is 11.7 Å². The quantitative estimate of drug-likeness (QED) is 0.925. The Morgan fingerprint density at radius 2 is 1.88 bits per heavy atom. The Morgan fingerprint density at radius 1 is 1.08 bits per heavy atom. The maximum absolute atomic E-state index is 10.5. The van der Waals surface area contributed by atoms with Crippen LogP contribution in [-0.4, -0.2) is 57.5 Å². The summed E-state index contributed by atoms with van der Waals surface area (Å²) in [5.74, 6) is 0.961. The molecule has 1 fully saturated rings. The second-order valence-electron chi connectivity index (χ2n) is 7.07. The summed E-state index contributed by atoms with van der Waals surface area (Å²) in [6, 6.07) is 4.06. The highest BCUT2D eigenvalue weighted by atomic mass is 16.3. The number of aromatic nitrogens is 3. The monoisotopic (exact) mass is 341 g/mol. The lowest BCUT2D eigenvalue weighted by Crippen LogP contribution is -2.46. The van der Waals surface area contributed by atoms with E-state index in [1.807, 2.05) is 12.3 Å². The van der Waals surface area contributed by atoms with Crippen molar-refractivity contribution in [2.24, 2.45) is 0 Å². The van der Waals surface area contributed by atoms with Crippen molar-refractivity contribution in [3.63, 3.8) is 0 Å². The van der Waals surface area contributed by atoms with Gasteiger partial charge in [0, 0.05) is 31.7 Å². The highest BCUT2D eigenvalue weighted by Gasteiger charge is 2.22. The van der Waals surface area contributed by atoms with E-state index in [2.05, 4.69) is 32.9 Å². The normalized spacial score (nSPS) is 18.4. The van der Waals surface area contributed by atoms with E-state index in [9.17, 15) is 5.11 Å². The van der Waals surface area contributed by atoms with Crippen molar-refractivity contribution in [1.82, 2.24) is 19.7 Å². The first-order valence-corrected chi connectivity index (χ1v) is 9.49. The fourth-order valence-corrected chi connectivity index (χ4v) is 3.93. The molecule has 6 heteroatoms. The summed E-state index contributed by atoms with van der Waals surface area (Å²) in [4.78, 5) is 9.47. The summed E-state index contributed by atoms with van der Waals surface area (Å²) in [7, 11) is 0. The van der Waals surface area contributed by atoms with Gasteiger partial charge in [-0.15, -0.1) is 0 Å². The predicted octanol–water partition coefficient (Wildman–Crippen LogP) is 2.38. The van der Waals surface area contributed by atoms with Gasteiger partial charge in [-0.2, -0.15) is 9.78 Å². The van der Waals surface area contributed by atoms with Gasteiger partial charge in [-0.1, -0.05) is 6.92 Å². The lowest BCUT2D eigenvalue weighted by atomic mass is 9.98. The van der Waals surface area contributed by atoms with Crippen LogP contribution in [-0.2, 0) is 12.8 Å². The fourth-order valence-electron chi connectivity index (χ4n) is 3.93. The van der Waals surface area contributed by atoms with Gasteiger partial charge < -0.3 is 10.0 Å². The molecule has 2 aromatic rings. The van der Waals surface area contributed by atoms with Crippen LogP contribution < -0.4 is 4.90 Å². The zero-order chi connectivity index (χ0) is 17.2. The average Bonchev–Trinajstić information content (AvgIpc) is 3.00. The van der Waals surface area contributed by atoms with E-state index in [-0.39, 0.29) is 5.88 Å². The molecule has 3 heterocycles. The van der Waals surface area contributed by atoms with Crippen molar-refractivity contribution in [2.45, 2.75) is 39.0 Å². The van der Waals surface area contributed by atoms with Gasteiger partial charge in [-0.25, -0.2) is 4.98 Å². The molecule has 1 saturated heterocycles. The first-order valence-electron chi connectivity index (χ1n) is 9.49. The third-order valence-corrected chi connectivity index (χ3v) is 5.36. The van der Waals surface area contributed by atoms with Crippen molar-refractivity contribution in [2.75, 3.05) is 37.6 Å². The molecule has 0 amide bonds. The minimum atomic E-state index is 0.267. The maximum atomic E-state index is 10.5. The summed E-state index contributed by atoms with van der Waals surface area (Å²) in [5.41, 5.74) is 3.18. The Balaban J connectivity index is 1.49. The number of pyridine rings is 1. The Labute approximate surface area is 149 Å². The first kappa shape index (κ1) is 16.4. The molecule has 0 radical (unpaired) electrons. The number of hydrogen-bond acceptors (Lipinski definition) is 5. The van der Waals surface area contributed by atoms with E-state index in [4.69, 9.17) is 0 Å². The van der Waals surface area contributed by atoms with Crippen molar-refractivity contribution in [1.29, 1.82) is 0 Å². The molecule has 134 valence electrons. The number of rotatable bonds is 4. The predicted molar refractivity (Wildman–Crippen MR) is 98.6 cm³/mol. The molecular weight excluding hydrogens is 314 g/mol. The third-order valence-electron chi connectivity index (χ3n) is 5.36. The van der Waals surface area contributed by atoms with Gasteiger partial charge in [0.25, 0.3) is 0 Å². The summed E-state index contributed by atoms with van der Waals surface area (Å²) in [6.45, 7) is 7.74. The number of piperazine rings is 1. The minimum Gasteiger partial charge on any atom is -0.493 e. The molecule has 0 saturated carbocycles. The number of fused-ring (bicyclic) bond motifs is 1. The molecule has 0 bridgehead atoms. The summed E-state index contributed by atoms with van der Waals surface area (Å²) < 4.78 is 1.60. The third kappa shape index (κ3) is 3.23. The van der Waals surface area contributed by atoms with E-state index >= 15 is 0 Å². The van der Waals surface area contributed by atoms with Crippen molar-refractivity contribution < 1.29 is 5.11 Å². The molecule has 0 atom stereocenters. The standard InChI is InChI=1S/C19H27N5O/c1-2-9-22-10-12-23(13-11-22)15-7-8-18(20-14-15)24-19(25)16-5-3-4-6-17(16)21-24/h7-8,14,25H,2-6,9-13H2,1H3. The zero-order valence-corrected chi connectivity index (χ0v) is 15.0. The van der Waals surface area contributed by atoms with Crippen LogP contribution >= 0.6 is 0 Å². The largest absolute Gasteiger partial charge is 0.493 e. The average molecular weight is 341 g/mol. The van der Waals surface area contributed by atoms with Crippen LogP contribution in [0.5, 0.6) is 5.88 Å². The molecule has 2 aliphatic rings. The molecule has 1 aliphatic carbocycles. The van der Waals surface area contributed by atoms with Gasteiger partial charge >= 0.3 is 0 Å². The minimum absolute atomic E-state index is 0.267. The Kier molecular flexibility index (Phi) is 4.61. The molecule has 4 rings (SSSR count). The van der Waals surface area contributed by atoms with Crippen LogP contribution in [0, 0.1) is 0 Å². The smallest absolute Gasteiger partial charge is 0.219 e. The summed E-state index contributed by atoms with van der Waals surface area (Å²) >= 11 is 0. The van der Waals surface area contributed by atoms with Crippen LogP contribution in [0.4, 0.5) is 5.69 Å². The summed E-state index contributed by atoms with van der Waals surface area (Å²) in [5, 5.41) is 15.0. The lowest BCUT2D eigenvalue weighted by molar-refractivity contribution is 0.258. The van der Waals surface area contributed by atoms with Gasteiger partial charge in [-0.05, 0) is 50.8 Å². The second kappa shape index (κ2) is 7.04. The highest BCUT2D eigenvalue weighted by Crippen LogP contribution is 2.30. The van der Waals surface area contributed by atoms with Gasteiger partial charge in [0.2, 0.25) is 5.88 Å². The number of aromatic hydroxyl groups is 1. The number of hydrogen-bond donors (Lipinski definition) is 1. The SMILES string of the molecule is CCCN1CCN(c2ccc(-n3nc4c(c3O)CCCC4)nc2)CC1. The van der Waals surface area contributed by atoms with Crippen molar-refractivity contribution >= 4 is 5.69 Å². The second-order valence-corrected chi connectivity index (χ2v) is 7.07. The molecule has 1 aliphatic heterocycles. The van der Waals surface area contributed by atoms with Crippen LogP contribution in [0.25, 0.3) is 5.82 Å². The van der Waals surface area contributed by atoms with Gasteiger partial charge in [0.15, 0.2) is 5.82 Å². The topological polar surface area (TPSA) is 57.4 Å². The Bertz CT molecular complexity index is 716.